The third kappa shape index (κ3) is 6.99. The molecule has 0 radical (unpaired) electrons. The van der Waals surface area contributed by atoms with Gasteiger partial charge in [0.2, 0.25) is 0 Å². The van der Waals surface area contributed by atoms with Crippen molar-refractivity contribution in [1.82, 2.24) is 0 Å². The number of benzene rings is 6. The first-order chi connectivity index (χ1) is 22.5. The van der Waals surface area contributed by atoms with Crippen LogP contribution in [-0.2, 0) is 6.61 Å². The molecule has 46 heavy (non-hydrogen) atoms. The van der Waals surface area contributed by atoms with Crippen LogP contribution in [0.3, 0.4) is 0 Å². The van der Waals surface area contributed by atoms with Crippen LogP contribution in [0, 0.1) is 13.8 Å². The molecule has 226 valence electrons. The summed E-state index contributed by atoms with van der Waals surface area (Å²) in [6.07, 6.45) is 5.12. The molecular weight excluding hydrogens is 564 g/mol. The number of carbonyl (C=O) groups excluding carboxylic acids is 1. The molecular formula is C42H36N2O2. The second kappa shape index (κ2) is 13.9. The number of carbonyl (C=O) groups is 1. The quantitative estimate of drug-likeness (QED) is 0.125. The lowest BCUT2D eigenvalue weighted by Crippen LogP contribution is -2.10. The fourth-order valence-electron chi connectivity index (χ4n) is 5.40. The van der Waals surface area contributed by atoms with E-state index in [0.29, 0.717) is 5.56 Å². The van der Waals surface area contributed by atoms with Crippen molar-refractivity contribution in [3.05, 3.63) is 179 Å². The van der Waals surface area contributed by atoms with Gasteiger partial charge in [-0.2, -0.15) is 0 Å². The van der Waals surface area contributed by atoms with Gasteiger partial charge >= 0.3 is 0 Å². The van der Waals surface area contributed by atoms with Crippen LogP contribution < -0.4 is 9.80 Å². The SMILES string of the molecule is Cc1ccc(N(c2ccc(C=O)cc2)c2ccc(/C=C/c3ccc(N(c4ccc(C)cc4)c4ccc(CO)cc4)cc3)cc2)cc1. The lowest BCUT2D eigenvalue weighted by atomic mass is 10.1. The molecule has 4 nitrogen and oxygen atoms in total. The number of rotatable bonds is 10. The Hall–Kier alpha value is -5.71. The molecule has 0 saturated heterocycles. The summed E-state index contributed by atoms with van der Waals surface area (Å²) in [5, 5.41) is 9.52. The maximum Gasteiger partial charge on any atom is 0.150 e. The Balaban J connectivity index is 1.23. The molecule has 0 amide bonds. The first-order valence-corrected chi connectivity index (χ1v) is 15.4. The number of aliphatic hydroxyl groups excluding tert-OH is 1. The third-order valence-corrected chi connectivity index (χ3v) is 8.02. The van der Waals surface area contributed by atoms with Gasteiger partial charge in [0, 0.05) is 39.7 Å². The molecule has 0 spiro atoms. The van der Waals surface area contributed by atoms with E-state index < -0.39 is 0 Å². The van der Waals surface area contributed by atoms with Crippen LogP contribution in [0.15, 0.2) is 146 Å². The van der Waals surface area contributed by atoms with Crippen molar-refractivity contribution >= 4 is 52.6 Å². The maximum absolute atomic E-state index is 11.2. The van der Waals surface area contributed by atoms with Crippen LogP contribution in [-0.4, -0.2) is 11.4 Å². The summed E-state index contributed by atoms with van der Waals surface area (Å²) in [5.41, 5.74) is 12.4. The van der Waals surface area contributed by atoms with Gasteiger partial charge in [-0.05, 0) is 115 Å². The minimum atomic E-state index is 0.0237. The van der Waals surface area contributed by atoms with Gasteiger partial charge in [0.05, 0.1) is 6.61 Å². The molecule has 6 rings (SSSR count). The minimum Gasteiger partial charge on any atom is -0.392 e. The molecule has 4 heteroatoms. The zero-order valence-electron chi connectivity index (χ0n) is 26.0. The van der Waals surface area contributed by atoms with Crippen molar-refractivity contribution in [2.24, 2.45) is 0 Å². The van der Waals surface area contributed by atoms with Gasteiger partial charge in [-0.3, -0.25) is 4.79 Å². The molecule has 0 aromatic heterocycles. The first kappa shape index (κ1) is 30.3. The van der Waals surface area contributed by atoms with E-state index in [1.54, 1.807) is 0 Å². The highest BCUT2D eigenvalue weighted by molar-refractivity contribution is 5.82. The van der Waals surface area contributed by atoms with E-state index in [1.165, 1.54) is 11.1 Å². The Labute approximate surface area is 271 Å². The summed E-state index contributed by atoms with van der Waals surface area (Å²) in [4.78, 5) is 15.6. The van der Waals surface area contributed by atoms with E-state index >= 15 is 0 Å². The normalized spacial score (nSPS) is 11.0. The van der Waals surface area contributed by atoms with Gasteiger partial charge in [0.25, 0.3) is 0 Å². The monoisotopic (exact) mass is 600 g/mol. The highest BCUT2D eigenvalue weighted by Crippen LogP contribution is 2.36. The second-order valence-corrected chi connectivity index (χ2v) is 11.4. The molecule has 6 aromatic rings. The molecule has 0 heterocycles. The van der Waals surface area contributed by atoms with Crippen molar-refractivity contribution in [1.29, 1.82) is 0 Å². The summed E-state index contributed by atoms with van der Waals surface area (Å²) < 4.78 is 0. The zero-order valence-corrected chi connectivity index (χ0v) is 26.0. The van der Waals surface area contributed by atoms with Crippen LogP contribution in [0.2, 0.25) is 0 Å². The van der Waals surface area contributed by atoms with Gasteiger partial charge < -0.3 is 14.9 Å². The van der Waals surface area contributed by atoms with Gasteiger partial charge in [0.1, 0.15) is 6.29 Å². The molecule has 0 aliphatic rings. The molecule has 0 unspecified atom stereocenters. The van der Waals surface area contributed by atoms with Crippen LogP contribution in [0.25, 0.3) is 12.2 Å². The molecule has 0 atom stereocenters. The van der Waals surface area contributed by atoms with Gasteiger partial charge in [-0.15, -0.1) is 0 Å². The van der Waals surface area contributed by atoms with Crippen molar-refractivity contribution < 1.29 is 9.90 Å². The number of aryl methyl sites for hydroxylation is 2. The number of anilines is 6. The van der Waals surface area contributed by atoms with Crippen LogP contribution in [0.1, 0.15) is 38.2 Å². The Morgan fingerprint density at radius 3 is 1.02 bits per heavy atom. The Morgan fingerprint density at radius 1 is 0.435 bits per heavy atom. The van der Waals surface area contributed by atoms with E-state index in [9.17, 15) is 9.90 Å². The van der Waals surface area contributed by atoms with Crippen LogP contribution in [0.5, 0.6) is 0 Å². The topological polar surface area (TPSA) is 43.8 Å². The molecule has 0 fully saturated rings. The standard InChI is InChI=1S/C42H36N2O2/c1-31-3-17-37(18-4-31)43(41-25-13-35(29-45)14-26-41)39-21-9-33(10-22-39)7-8-34-11-23-40(24-12-34)44(38-19-5-32(2)6-20-38)42-27-15-36(30-46)16-28-42/h3-29,46H,30H2,1-2H3/b8-7+. The fourth-order valence-corrected chi connectivity index (χ4v) is 5.40. The smallest absolute Gasteiger partial charge is 0.150 e. The highest BCUT2D eigenvalue weighted by atomic mass is 16.3. The number of aldehydes is 1. The van der Waals surface area contributed by atoms with Gasteiger partial charge in [-0.1, -0.05) is 83.9 Å². The van der Waals surface area contributed by atoms with Crippen molar-refractivity contribution in [3.8, 4) is 0 Å². The predicted molar refractivity (Wildman–Crippen MR) is 192 cm³/mol. The van der Waals surface area contributed by atoms with Gasteiger partial charge in [0.15, 0.2) is 0 Å². The van der Waals surface area contributed by atoms with Crippen molar-refractivity contribution in [2.75, 3.05) is 9.80 Å². The number of hydrogen-bond donors (Lipinski definition) is 1. The number of aliphatic hydroxyl groups is 1. The first-order valence-electron chi connectivity index (χ1n) is 15.4. The number of nitrogens with zero attached hydrogens (tertiary/aromatic N) is 2. The summed E-state index contributed by atoms with van der Waals surface area (Å²) in [5.74, 6) is 0. The Bertz CT molecular complexity index is 1910. The minimum absolute atomic E-state index is 0.0237. The molecule has 6 aromatic carbocycles. The number of hydrogen-bond acceptors (Lipinski definition) is 4. The molecule has 0 aliphatic heterocycles. The highest BCUT2D eigenvalue weighted by Gasteiger charge is 2.14. The summed E-state index contributed by atoms with van der Waals surface area (Å²) >= 11 is 0. The average Bonchev–Trinajstić information content (AvgIpc) is 3.11. The Morgan fingerprint density at radius 2 is 0.717 bits per heavy atom. The molecule has 1 N–H and O–H groups in total. The molecule has 0 saturated carbocycles. The molecule has 0 aliphatic carbocycles. The average molecular weight is 601 g/mol. The lowest BCUT2D eigenvalue weighted by Gasteiger charge is -2.26. The summed E-state index contributed by atoms with van der Waals surface area (Å²) in [6, 6.07) is 49.6. The largest absolute Gasteiger partial charge is 0.392 e. The van der Waals surface area contributed by atoms with Gasteiger partial charge in [-0.25, -0.2) is 0 Å². The fraction of sp³-hybridized carbons (Fsp3) is 0.0714. The zero-order chi connectivity index (χ0) is 31.9. The van der Waals surface area contributed by atoms with E-state index in [-0.39, 0.29) is 6.61 Å². The lowest BCUT2D eigenvalue weighted by molar-refractivity contribution is 0.112. The van der Waals surface area contributed by atoms with Crippen molar-refractivity contribution in [3.63, 3.8) is 0 Å². The van der Waals surface area contributed by atoms with E-state index in [2.05, 4.69) is 133 Å². The van der Waals surface area contributed by atoms with Crippen LogP contribution >= 0.6 is 0 Å². The van der Waals surface area contributed by atoms with E-state index in [1.807, 2.05) is 48.5 Å². The molecule has 0 bridgehead atoms. The van der Waals surface area contributed by atoms with Crippen LogP contribution in [0.4, 0.5) is 34.1 Å². The van der Waals surface area contributed by atoms with E-state index in [4.69, 9.17) is 0 Å². The Kier molecular flexibility index (Phi) is 9.19. The maximum atomic E-state index is 11.2. The summed E-state index contributed by atoms with van der Waals surface area (Å²) in [7, 11) is 0. The second-order valence-electron chi connectivity index (χ2n) is 11.4. The van der Waals surface area contributed by atoms with E-state index in [0.717, 1.165) is 57.1 Å². The predicted octanol–water partition coefficient (Wildman–Crippen LogP) is 10.7. The summed E-state index contributed by atoms with van der Waals surface area (Å²) in [6.45, 7) is 4.20. The van der Waals surface area contributed by atoms with Crippen molar-refractivity contribution in [2.45, 2.75) is 20.5 Å². The third-order valence-electron chi connectivity index (χ3n) is 8.02.